The van der Waals surface area contributed by atoms with Crippen LogP contribution in [0.2, 0.25) is 0 Å². The summed E-state index contributed by atoms with van der Waals surface area (Å²) in [6.45, 7) is 1.99. The van der Waals surface area contributed by atoms with E-state index in [0.29, 0.717) is 6.04 Å². The van der Waals surface area contributed by atoms with E-state index in [-0.39, 0.29) is 7.33 Å². The smallest absolute Gasteiger partial charge is 0.222 e. The maximum Gasteiger partial charge on any atom is 0.222 e. The van der Waals surface area contributed by atoms with Gasteiger partial charge >= 0.3 is 0 Å². The summed E-state index contributed by atoms with van der Waals surface area (Å²) in [7, 11) is 0. The Kier molecular flexibility index (Phi) is 0.587. The third-order valence-corrected chi connectivity index (χ3v) is 0.899. The van der Waals surface area contributed by atoms with Gasteiger partial charge in [-0.05, 0) is 6.92 Å². The lowest BCUT2D eigenvalue weighted by Crippen LogP contribution is -2.46. The van der Waals surface area contributed by atoms with Crippen LogP contribution in [-0.4, -0.2) is 11.9 Å². The fourth-order valence-corrected chi connectivity index (χ4v) is 0.532. The molecule has 6 heavy (non-hydrogen) atoms. The summed E-state index contributed by atoms with van der Waals surface area (Å²) in [5.41, 5.74) is 0. The van der Waals surface area contributed by atoms with E-state index in [2.05, 4.69) is 5.32 Å². The van der Waals surface area contributed by atoms with Crippen molar-refractivity contribution in [3.63, 3.8) is 0 Å². The van der Waals surface area contributed by atoms with Crippen LogP contribution >= 0.6 is 0 Å². The van der Waals surface area contributed by atoms with Crippen LogP contribution in [0.4, 0.5) is 0 Å². The Morgan fingerprint density at radius 1 is 2.17 bits per heavy atom. The van der Waals surface area contributed by atoms with Crippen LogP contribution in [0.3, 0.4) is 0 Å². The van der Waals surface area contributed by atoms with E-state index in [4.69, 9.17) is 0 Å². The zero-order valence-electron chi connectivity index (χ0n) is 3.69. The van der Waals surface area contributed by atoms with Crippen molar-refractivity contribution in [3.05, 3.63) is 0 Å². The number of amides is 1. The Morgan fingerprint density at radius 2 is 2.67 bits per heavy atom. The summed E-state index contributed by atoms with van der Waals surface area (Å²) in [6.07, 6.45) is 0.722. The van der Waals surface area contributed by atoms with Crippen molar-refractivity contribution < 1.29 is 6.22 Å². The number of hydrogen-bond donors (Lipinski definition) is 1. The Labute approximate surface area is 38.0 Å². The summed E-state index contributed by atoms with van der Waals surface area (Å²) in [5, 5.41) is 2.67. The van der Waals surface area contributed by atoms with Crippen molar-refractivity contribution in [2.24, 2.45) is 0 Å². The highest BCUT2D eigenvalue weighted by Gasteiger charge is 2.18. The molecule has 0 radical (unpaired) electrons. The number of carbonyl (C=O) groups is 1. The van der Waals surface area contributed by atoms with Gasteiger partial charge in [-0.2, -0.15) is 0 Å². The lowest BCUT2D eigenvalue weighted by molar-refractivity contribution is -0.127. The molecule has 1 heterocycles. The standard InChI is InChI=1S/C4H7NO.H2/c1-3-2-4(6)5-3;/h3H,2H2,1H3,(H,5,6);1H. The van der Waals surface area contributed by atoms with E-state index in [0.717, 1.165) is 6.42 Å². The normalized spacial score (nSPS) is 31.5. The van der Waals surface area contributed by atoms with E-state index >= 15 is 0 Å². The van der Waals surface area contributed by atoms with E-state index in [9.17, 15) is 4.79 Å². The Balaban J connectivity index is 0.000000360. The SMILES string of the molecule is CC1CC(=O)N1.[HH]. The van der Waals surface area contributed by atoms with Crippen LogP contribution < -0.4 is 5.32 Å². The number of carbonyl (C=O) groups excluding carboxylic acids is 1. The summed E-state index contributed by atoms with van der Waals surface area (Å²) in [4.78, 5) is 10.00. The minimum absolute atomic E-state index is 0. The van der Waals surface area contributed by atoms with Crippen molar-refractivity contribution >= 4 is 5.91 Å². The molecule has 0 aromatic rings. The molecule has 0 bridgehead atoms. The predicted octanol–water partition coefficient (Wildman–Crippen LogP) is 0.141. The second-order valence-corrected chi connectivity index (χ2v) is 1.67. The molecule has 0 saturated carbocycles. The van der Waals surface area contributed by atoms with E-state index in [1.165, 1.54) is 0 Å². The molecule has 1 fully saturated rings. The Hall–Kier alpha value is -0.530. The number of nitrogens with one attached hydrogen (secondary N) is 1. The third-order valence-electron chi connectivity index (χ3n) is 0.899. The second-order valence-electron chi connectivity index (χ2n) is 1.67. The Bertz CT molecular complexity index is 75.8. The zero-order valence-corrected chi connectivity index (χ0v) is 3.69. The molecule has 2 nitrogen and oxygen atoms in total. The summed E-state index contributed by atoms with van der Waals surface area (Å²) >= 11 is 0. The molecule has 1 saturated heterocycles. The van der Waals surface area contributed by atoms with Crippen LogP contribution in [0.1, 0.15) is 14.8 Å². The first-order valence-corrected chi connectivity index (χ1v) is 2.08. The van der Waals surface area contributed by atoms with Gasteiger partial charge in [-0.15, -0.1) is 0 Å². The number of β-lactam (4-membered cyclic amide) rings is 1. The topological polar surface area (TPSA) is 29.1 Å². The third kappa shape index (κ3) is 0.379. The van der Waals surface area contributed by atoms with E-state index < -0.39 is 0 Å². The minimum atomic E-state index is 0. The molecular formula is C4H9NO. The van der Waals surface area contributed by atoms with Crippen molar-refractivity contribution in [2.75, 3.05) is 0 Å². The van der Waals surface area contributed by atoms with Crippen molar-refractivity contribution in [1.29, 1.82) is 0 Å². The minimum Gasteiger partial charge on any atom is -0.353 e. The van der Waals surface area contributed by atoms with E-state index in [1.54, 1.807) is 0 Å². The number of hydrogen-bond acceptors (Lipinski definition) is 1. The molecule has 1 amide bonds. The maximum atomic E-state index is 10.00. The first-order chi connectivity index (χ1) is 2.79. The fourth-order valence-electron chi connectivity index (χ4n) is 0.532. The maximum absolute atomic E-state index is 10.00. The Morgan fingerprint density at radius 3 is 2.67 bits per heavy atom. The average molecular weight is 87.1 g/mol. The van der Waals surface area contributed by atoms with Crippen molar-refractivity contribution in [1.82, 2.24) is 5.32 Å². The quantitative estimate of drug-likeness (QED) is 0.418. The summed E-state index contributed by atoms with van der Waals surface area (Å²) in [5.74, 6) is 0.183. The second kappa shape index (κ2) is 0.965. The van der Waals surface area contributed by atoms with Gasteiger partial charge in [0.2, 0.25) is 5.91 Å². The molecule has 2 heteroatoms. The van der Waals surface area contributed by atoms with Crippen molar-refractivity contribution in [3.8, 4) is 0 Å². The lowest BCUT2D eigenvalue weighted by Gasteiger charge is -2.21. The first kappa shape index (κ1) is 3.65. The van der Waals surface area contributed by atoms with Gasteiger partial charge in [0.1, 0.15) is 0 Å². The molecule has 1 unspecified atom stereocenters. The van der Waals surface area contributed by atoms with Gasteiger partial charge in [0.15, 0.2) is 0 Å². The molecule has 36 valence electrons. The predicted molar refractivity (Wildman–Crippen MR) is 24.3 cm³/mol. The molecule has 1 aliphatic heterocycles. The van der Waals surface area contributed by atoms with Gasteiger partial charge < -0.3 is 5.32 Å². The van der Waals surface area contributed by atoms with Crippen LogP contribution in [0.15, 0.2) is 0 Å². The highest BCUT2D eigenvalue weighted by atomic mass is 16.2. The van der Waals surface area contributed by atoms with E-state index in [1.807, 2.05) is 6.92 Å². The molecule has 1 rings (SSSR count). The molecule has 0 aromatic carbocycles. The van der Waals surface area contributed by atoms with Crippen LogP contribution in [-0.2, 0) is 4.79 Å². The molecule has 1 N–H and O–H groups in total. The highest BCUT2D eigenvalue weighted by Crippen LogP contribution is 1.99. The average Bonchev–Trinajstić information content (AvgIpc) is 1.33. The summed E-state index contributed by atoms with van der Waals surface area (Å²) < 4.78 is 0. The molecular weight excluding hydrogens is 78.0 g/mol. The molecule has 0 aliphatic carbocycles. The molecule has 0 aromatic heterocycles. The molecule has 1 atom stereocenters. The van der Waals surface area contributed by atoms with Gasteiger partial charge in [0.25, 0.3) is 0 Å². The molecule has 0 spiro atoms. The van der Waals surface area contributed by atoms with Crippen LogP contribution in [0, 0.1) is 0 Å². The monoisotopic (exact) mass is 87.1 g/mol. The van der Waals surface area contributed by atoms with Crippen LogP contribution in [0.5, 0.6) is 0 Å². The molecule has 1 aliphatic rings. The number of rotatable bonds is 0. The van der Waals surface area contributed by atoms with Gasteiger partial charge in [-0.1, -0.05) is 0 Å². The van der Waals surface area contributed by atoms with Gasteiger partial charge in [-0.3, -0.25) is 4.79 Å². The first-order valence-electron chi connectivity index (χ1n) is 2.08. The lowest BCUT2D eigenvalue weighted by atomic mass is 10.1. The van der Waals surface area contributed by atoms with Gasteiger partial charge in [-0.25, -0.2) is 0 Å². The summed E-state index contributed by atoms with van der Waals surface area (Å²) in [6, 6.07) is 0.442. The van der Waals surface area contributed by atoms with Crippen molar-refractivity contribution in [2.45, 2.75) is 19.4 Å². The van der Waals surface area contributed by atoms with Gasteiger partial charge in [0.05, 0.1) is 0 Å². The zero-order chi connectivity index (χ0) is 4.57. The largest absolute Gasteiger partial charge is 0.353 e. The highest BCUT2D eigenvalue weighted by molar-refractivity contribution is 5.82. The van der Waals surface area contributed by atoms with Gasteiger partial charge in [0, 0.05) is 13.9 Å². The van der Waals surface area contributed by atoms with Crippen LogP contribution in [0.25, 0.3) is 0 Å². The fraction of sp³-hybridized carbons (Fsp3) is 0.750.